The molecule has 0 radical (unpaired) electrons. The number of halogens is 5. The maximum atomic E-state index is 12.4. The van der Waals surface area contributed by atoms with Crippen molar-refractivity contribution < 1.29 is 31.8 Å². The van der Waals surface area contributed by atoms with Crippen LogP contribution in [0.4, 0.5) is 17.6 Å². The molecule has 0 aliphatic rings. The Hall–Kier alpha value is -2.16. The highest BCUT2D eigenvalue weighted by Crippen LogP contribution is 2.31. The van der Waals surface area contributed by atoms with Crippen LogP contribution in [0.1, 0.15) is 15.9 Å². The van der Waals surface area contributed by atoms with Crippen molar-refractivity contribution in [3.8, 4) is 11.5 Å². The molecule has 0 fully saturated rings. The Balaban J connectivity index is 2.35. The molecule has 1 aromatic heterocycles. The minimum Gasteiger partial charge on any atom is -0.431 e. The number of ketones is 1. The van der Waals surface area contributed by atoms with E-state index in [0.717, 1.165) is 12.1 Å². The van der Waals surface area contributed by atoms with Crippen molar-refractivity contribution in [2.45, 2.75) is 13.2 Å². The summed E-state index contributed by atoms with van der Waals surface area (Å²) < 4.78 is 58.0. The van der Waals surface area contributed by atoms with Crippen molar-refractivity contribution in [2.75, 3.05) is 0 Å². The number of rotatable bonds is 6. The third-order valence-electron chi connectivity index (χ3n) is 2.63. The Morgan fingerprint density at radius 3 is 2.13 bits per heavy atom. The quantitative estimate of drug-likeness (QED) is 0.417. The first-order valence-corrected chi connectivity index (χ1v) is 6.86. The van der Waals surface area contributed by atoms with E-state index in [1.807, 2.05) is 0 Å². The van der Waals surface area contributed by atoms with Crippen LogP contribution in [-0.2, 0) is 0 Å². The highest BCUT2D eigenvalue weighted by Gasteiger charge is 2.18. The molecule has 23 heavy (non-hydrogen) atoms. The van der Waals surface area contributed by atoms with Gasteiger partial charge in [-0.2, -0.15) is 17.6 Å². The van der Waals surface area contributed by atoms with Crippen LogP contribution in [0.5, 0.6) is 11.5 Å². The van der Waals surface area contributed by atoms with Gasteiger partial charge in [0.2, 0.25) is 0 Å². The molecule has 9 heteroatoms. The van der Waals surface area contributed by atoms with E-state index in [1.54, 1.807) is 0 Å². The summed E-state index contributed by atoms with van der Waals surface area (Å²) in [5.74, 6) is -1.78. The summed E-state index contributed by atoms with van der Waals surface area (Å²) in [7, 11) is 0. The van der Waals surface area contributed by atoms with Gasteiger partial charge in [-0.15, -0.1) is 0 Å². The summed E-state index contributed by atoms with van der Waals surface area (Å²) in [6.07, 6.45) is 1.28. The first-order valence-electron chi connectivity index (χ1n) is 6.06. The molecular weight excluding hydrogens is 386 g/mol. The number of pyridine rings is 1. The van der Waals surface area contributed by atoms with Gasteiger partial charge in [0.1, 0.15) is 4.60 Å². The summed E-state index contributed by atoms with van der Waals surface area (Å²) in [5.41, 5.74) is 0.158. The molecule has 2 aromatic rings. The lowest BCUT2D eigenvalue weighted by Crippen LogP contribution is -2.09. The molecular formula is C14H8BrF4NO3. The van der Waals surface area contributed by atoms with Crippen LogP contribution in [0.25, 0.3) is 0 Å². The summed E-state index contributed by atoms with van der Waals surface area (Å²) in [6, 6.07) is 6.03. The van der Waals surface area contributed by atoms with E-state index in [4.69, 9.17) is 0 Å². The van der Waals surface area contributed by atoms with Crippen LogP contribution in [0.2, 0.25) is 0 Å². The molecule has 0 bridgehead atoms. The van der Waals surface area contributed by atoms with Gasteiger partial charge in [0.15, 0.2) is 17.3 Å². The average Bonchev–Trinajstić information content (AvgIpc) is 2.48. The van der Waals surface area contributed by atoms with Crippen LogP contribution < -0.4 is 9.47 Å². The highest BCUT2D eigenvalue weighted by molar-refractivity contribution is 9.10. The smallest absolute Gasteiger partial charge is 0.387 e. The minimum atomic E-state index is -3.25. The Morgan fingerprint density at radius 1 is 0.957 bits per heavy atom. The predicted octanol–water partition coefficient (Wildman–Crippen LogP) is 4.28. The zero-order valence-corrected chi connectivity index (χ0v) is 12.8. The zero-order chi connectivity index (χ0) is 17.0. The molecule has 0 saturated carbocycles. The van der Waals surface area contributed by atoms with E-state index in [0.29, 0.717) is 4.60 Å². The molecule has 0 N–H and O–H groups in total. The van der Waals surface area contributed by atoms with Crippen LogP contribution in [-0.4, -0.2) is 24.0 Å². The van der Waals surface area contributed by atoms with Gasteiger partial charge < -0.3 is 9.47 Å². The predicted molar refractivity (Wildman–Crippen MR) is 75.1 cm³/mol. The molecule has 122 valence electrons. The molecule has 0 aliphatic heterocycles. The largest absolute Gasteiger partial charge is 0.431 e. The fourth-order valence-electron chi connectivity index (χ4n) is 1.71. The molecule has 0 aliphatic carbocycles. The third-order valence-corrected chi connectivity index (χ3v) is 3.10. The molecule has 0 unspecified atom stereocenters. The first kappa shape index (κ1) is 17.2. The lowest BCUT2D eigenvalue weighted by molar-refractivity contribution is -0.0692. The van der Waals surface area contributed by atoms with Gasteiger partial charge in [0.25, 0.3) is 0 Å². The van der Waals surface area contributed by atoms with Gasteiger partial charge in [-0.1, -0.05) is 0 Å². The van der Waals surface area contributed by atoms with Crippen molar-refractivity contribution in [1.29, 1.82) is 0 Å². The SMILES string of the molecule is O=C(c1ccc(Br)nc1)c1ccc(OC(F)F)c(OC(F)F)c1. The molecule has 0 amide bonds. The molecule has 4 nitrogen and oxygen atoms in total. The van der Waals surface area contributed by atoms with Crippen molar-refractivity contribution in [2.24, 2.45) is 0 Å². The van der Waals surface area contributed by atoms with Crippen LogP contribution >= 0.6 is 15.9 Å². The van der Waals surface area contributed by atoms with E-state index in [2.05, 4.69) is 30.4 Å². The number of carbonyl (C=O) groups excluding carboxylic acids is 1. The second-order valence-electron chi connectivity index (χ2n) is 4.12. The minimum absolute atomic E-state index is 0.0358. The van der Waals surface area contributed by atoms with Gasteiger partial charge in [-0.25, -0.2) is 4.98 Å². The fourth-order valence-corrected chi connectivity index (χ4v) is 1.94. The molecule has 0 atom stereocenters. The fraction of sp³-hybridized carbons (Fsp3) is 0.143. The second kappa shape index (κ2) is 7.40. The van der Waals surface area contributed by atoms with Crippen LogP contribution in [0.3, 0.4) is 0 Å². The maximum Gasteiger partial charge on any atom is 0.387 e. The van der Waals surface area contributed by atoms with Gasteiger partial charge in [0, 0.05) is 17.3 Å². The van der Waals surface area contributed by atoms with Crippen LogP contribution in [0.15, 0.2) is 41.1 Å². The van der Waals surface area contributed by atoms with E-state index < -0.39 is 30.5 Å². The Kier molecular flexibility index (Phi) is 5.54. The normalized spacial score (nSPS) is 10.9. The highest BCUT2D eigenvalue weighted by atomic mass is 79.9. The van der Waals surface area contributed by atoms with Crippen LogP contribution in [0, 0.1) is 0 Å². The number of benzene rings is 1. The number of nitrogens with zero attached hydrogens (tertiary/aromatic N) is 1. The Morgan fingerprint density at radius 2 is 1.57 bits per heavy atom. The number of hydrogen-bond acceptors (Lipinski definition) is 4. The van der Waals surface area contributed by atoms with Crippen molar-refractivity contribution in [3.63, 3.8) is 0 Å². The number of carbonyl (C=O) groups is 1. The molecule has 0 spiro atoms. The standard InChI is InChI=1S/C14H8BrF4NO3/c15-11-4-2-8(6-20-11)12(21)7-1-3-9(22-13(16)17)10(5-7)23-14(18)19/h1-6,13-14H. The zero-order valence-electron chi connectivity index (χ0n) is 11.2. The molecule has 1 aromatic carbocycles. The number of alkyl halides is 4. The van der Waals surface area contributed by atoms with E-state index in [9.17, 15) is 22.4 Å². The Bertz CT molecular complexity index is 695. The lowest BCUT2D eigenvalue weighted by atomic mass is 10.0. The molecule has 0 saturated heterocycles. The van der Waals surface area contributed by atoms with Gasteiger partial charge >= 0.3 is 13.2 Å². The summed E-state index contributed by atoms with van der Waals surface area (Å²) in [5, 5.41) is 0. The first-order chi connectivity index (χ1) is 10.9. The topological polar surface area (TPSA) is 48.4 Å². The van der Waals surface area contributed by atoms with E-state index >= 15 is 0 Å². The van der Waals surface area contributed by atoms with Crippen molar-refractivity contribution in [1.82, 2.24) is 4.98 Å². The van der Waals surface area contributed by atoms with Gasteiger partial charge in [-0.05, 0) is 46.3 Å². The Labute approximate surface area is 136 Å². The maximum absolute atomic E-state index is 12.4. The third kappa shape index (κ3) is 4.65. The summed E-state index contributed by atoms with van der Waals surface area (Å²) >= 11 is 3.11. The van der Waals surface area contributed by atoms with E-state index in [1.165, 1.54) is 24.4 Å². The number of hydrogen-bond donors (Lipinski definition) is 0. The van der Waals surface area contributed by atoms with Gasteiger partial charge in [-0.3, -0.25) is 4.79 Å². The summed E-state index contributed by atoms with van der Waals surface area (Å²) in [4.78, 5) is 16.1. The second-order valence-corrected chi connectivity index (χ2v) is 4.93. The van der Waals surface area contributed by atoms with Gasteiger partial charge in [0.05, 0.1) is 0 Å². The van der Waals surface area contributed by atoms with Crippen molar-refractivity contribution >= 4 is 21.7 Å². The van der Waals surface area contributed by atoms with Crippen molar-refractivity contribution in [3.05, 3.63) is 52.3 Å². The molecule has 2 rings (SSSR count). The number of ether oxygens (including phenoxy) is 2. The molecule has 1 heterocycles. The monoisotopic (exact) mass is 393 g/mol. The van der Waals surface area contributed by atoms with E-state index in [-0.39, 0.29) is 11.1 Å². The average molecular weight is 394 g/mol. The number of aromatic nitrogens is 1. The lowest BCUT2D eigenvalue weighted by Gasteiger charge is -2.12. The summed E-state index contributed by atoms with van der Waals surface area (Å²) in [6.45, 7) is -6.47.